The maximum absolute atomic E-state index is 12.2. The summed E-state index contributed by atoms with van der Waals surface area (Å²) in [7, 11) is 1.31. The van der Waals surface area contributed by atoms with E-state index in [2.05, 4.69) is 4.98 Å². The average molecular weight is 189 g/mol. The standard InChI is InChI=1S/C8H9F2NO2/c1-4-6(12)3-5(7(9)10)11-8(4)13-2/h3,7H,1-2H3,(H,11,12). The van der Waals surface area contributed by atoms with E-state index in [0.29, 0.717) is 5.56 Å². The van der Waals surface area contributed by atoms with E-state index in [1.807, 2.05) is 0 Å². The fraction of sp³-hybridized carbons (Fsp3) is 0.375. The molecule has 0 saturated carbocycles. The lowest BCUT2D eigenvalue weighted by molar-refractivity contribution is 0.145. The first-order valence-corrected chi connectivity index (χ1v) is 3.62. The molecule has 1 rings (SSSR count). The van der Waals surface area contributed by atoms with Crippen LogP contribution in [0.4, 0.5) is 8.78 Å². The molecular formula is C8H9F2NO2. The molecule has 0 atom stereocenters. The number of alkyl halides is 2. The third-order valence-electron chi connectivity index (χ3n) is 1.69. The maximum Gasteiger partial charge on any atom is 0.278 e. The third-order valence-corrected chi connectivity index (χ3v) is 1.69. The van der Waals surface area contributed by atoms with Crippen LogP contribution < -0.4 is 10.2 Å². The fourth-order valence-corrected chi connectivity index (χ4v) is 0.944. The van der Waals surface area contributed by atoms with Crippen molar-refractivity contribution in [3.05, 3.63) is 27.5 Å². The lowest BCUT2D eigenvalue weighted by Gasteiger charge is -2.06. The second-order valence-electron chi connectivity index (χ2n) is 2.55. The van der Waals surface area contributed by atoms with E-state index in [9.17, 15) is 13.6 Å². The van der Waals surface area contributed by atoms with Crippen LogP contribution in [0.15, 0.2) is 10.9 Å². The van der Waals surface area contributed by atoms with E-state index in [1.165, 1.54) is 14.0 Å². The lowest BCUT2D eigenvalue weighted by atomic mass is 10.2. The van der Waals surface area contributed by atoms with Crippen molar-refractivity contribution in [1.82, 2.24) is 4.98 Å². The first-order valence-electron chi connectivity index (χ1n) is 3.62. The number of hydrogen-bond donors (Lipinski definition) is 1. The molecule has 0 amide bonds. The molecule has 1 N–H and O–H groups in total. The second-order valence-corrected chi connectivity index (χ2v) is 2.55. The fourth-order valence-electron chi connectivity index (χ4n) is 0.944. The molecule has 1 aromatic rings. The Hall–Kier alpha value is -1.39. The Morgan fingerprint density at radius 1 is 1.54 bits per heavy atom. The van der Waals surface area contributed by atoms with Crippen LogP contribution in [-0.4, -0.2) is 12.1 Å². The minimum Gasteiger partial charge on any atom is -0.482 e. The van der Waals surface area contributed by atoms with Gasteiger partial charge in [-0.05, 0) is 6.92 Å². The highest BCUT2D eigenvalue weighted by molar-refractivity contribution is 5.27. The number of halogens is 2. The number of nitrogens with one attached hydrogen (secondary N) is 1. The summed E-state index contributed by atoms with van der Waals surface area (Å²) < 4.78 is 29.1. The van der Waals surface area contributed by atoms with Gasteiger partial charge in [0, 0.05) is 6.07 Å². The predicted octanol–water partition coefficient (Wildman–Crippen LogP) is 1.63. The molecule has 0 aliphatic rings. The number of methoxy groups -OCH3 is 1. The second kappa shape index (κ2) is 3.55. The van der Waals surface area contributed by atoms with Crippen LogP contribution in [-0.2, 0) is 0 Å². The van der Waals surface area contributed by atoms with E-state index in [4.69, 9.17) is 4.74 Å². The quantitative estimate of drug-likeness (QED) is 0.768. The van der Waals surface area contributed by atoms with Crippen molar-refractivity contribution in [2.24, 2.45) is 0 Å². The van der Waals surface area contributed by atoms with Crippen LogP contribution in [0.5, 0.6) is 5.88 Å². The smallest absolute Gasteiger partial charge is 0.278 e. The monoisotopic (exact) mass is 189 g/mol. The van der Waals surface area contributed by atoms with Crippen LogP contribution in [0.2, 0.25) is 0 Å². The lowest BCUT2D eigenvalue weighted by Crippen LogP contribution is -2.10. The van der Waals surface area contributed by atoms with Crippen LogP contribution in [0.25, 0.3) is 0 Å². The minimum absolute atomic E-state index is 0.0859. The van der Waals surface area contributed by atoms with Gasteiger partial charge in [-0.2, -0.15) is 0 Å². The van der Waals surface area contributed by atoms with Gasteiger partial charge in [-0.1, -0.05) is 0 Å². The highest BCUT2D eigenvalue weighted by Gasteiger charge is 2.12. The van der Waals surface area contributed by atoms with Crippen molar-refractivity contribution < 1.29 is 13.5 Å². The molecular weight excluding hydrogens is 180 g/mol. The topological polar surface area (TPSA) is 42.1 Å². The van der Waals surface area contributed by atoms with Crippen molar-refractivity contribution in [2.75, 3.05) is 7.11 Å². The number of hydrogen-bond acceptors (Lipinski definition) is 2. The van der Waals surface area contributed by atoms with E-state index in [-0.39, 0.29) is 5.88 Å². The largest absolute Gasteiger partial charge is 0.482 e. The normalized spacial score (nSPS) is 10.5. The zero-order valence-electron chi connectivity index (χ0n) is 7.23. The number of ether oxygens (including phenoxy) is 1. The molecule has 1 aromatic heterocycles. The van der Waals surface area contributed by atoms with Gasteiger partial charge in [0.05, 0.1) is 18.4 Å². The molecule has 0 radical (unpaired) electrons. The van der Waals surface area contributed by atoms with Gasteiger partial charge in [-0.25, -0.2) is 8.78 Å². The highest BCUT2D eigenvalue weighted by atomic mass is 19.3. The summed E-state index contributed by atoms with van der Waals surface area (Å²) in [4.78, 5) is 13.4. The molecule has 3 nitrogen and oxygen atoms in total. The third kappa shape index (κ3) is 1.85. The van der Waals surface area contributed by atoms with Crippen molar-refractivity contribution in [3.8, 4) is 5.88 Å². The van der Waals surface area contributed by atoms with E-state index in [1.54, 1.807) is 0 Å². The van der Waals surface area contributed by atoms with Gasteiger partial charge in [-0.15, -0.1) is 0 Å². The molecule has 0 saturated heterocycles. The van der Waals surface area contributed by atoms with Gasteiger partial charge >= 0.3 is 0 Å². The van der Waals surface area contributed by atoms with E-state index >= 15 is 0 Å². The van der Waals surface area contributed by atoms with Crippen LogP contribution in [0.1, 0.15) is 17.7 Å². The number of rotatable bonds is 2. The molecule has 0 spiro atoms. The summed E-state index contributed by atoms with van der Waals surface area (Å²) in [6.45, 7) is 1.51. The summed E-state index contributed by atoms with van der Waals surface area (Å²) in [6.07, 6.45) is -2.69. The molecule has 13 heavy (non-hydrogen) atoms. The Morgan fingerprint density at radius 3 is 2.62 bits per heavy atom. The average Bonchev–Trinajstić information content (AvgIpc) is 2.09. The molecule has 0 aliphatic carbocycles. The van der Waals surface area contributed by atoms with E-state index < -0.39 is 17.5 Å². The molecule has 0 fully saturated rings. The van der Waals surface area contributed by atoms with E-state index in [0.717, 1.165) is 6.07 Å². The van der Waals surface area contributed by atoms with Crippen LogP contribution >= 0.6 is 0 Å². The summed E-state index contributed by atoms with van der Waals surface area (Å²) in [6, 6.07) is 0.878. The van der Waals surface area contributed by atoms with Crippen molar-refractivity contribution in [2.45, 2.75) is 13.3 Å². The minimum atomic E-state index is -2.69. The summed E-state index contributed by atoms with van der Waals surface area (Å²) in [5.74, 6) is 0.0859. The number of aromatic nitrogens is 1. The number of H-pyrrole nitrogens is 1. The Morgan fingerprint density at radius 2 is 2.15 bits per heavy atom. The first kappa shape index (κ1) is 9.70. The van der Waals surface area contributed by atoms with Gasteiger partial charge < -0.3 is 9.72 Å². The number of aromatic amines is 1. The molecule has 0 aromatic carbocycles. The summed E-state index contributed by atoms with van der Waals surface area (Å²) in [5, 5.41) is 0. The van der Waals surface area contributed by atoms with Gasteiger partial charge in [0.25, 0.3) is 6.43 Å². The Labute approximate surface area is 73.4 Å². The predicted molar refractivity (Wildman–Crippen MR) is 43.3 cm³/mol. The number of pyridine rings is 1. The summed E-state index contributed by atoms with van der Waals surface area (Å²) >= 11 is 0. The molecule has 0 unspecified atom stereocenters. The zero-order valence-corrected chi connectivity index (χ0v) is 7.23. The van der Waals surface area contributed by atoms with Crippen molar-refractivity contribution in [1.29, 1.82) is 0 Å². The van der Waals surface area contributed by atoms with Crippen molar-refractivity contribution in [3.63, 3.8) is 0 Å². The van der Waals surface area contributed by atoms with Gasteiger partial charge in [0.1, 0.15) is 0 Å². The van der Waals surface area contributed by atoms with Gasteiger partial charge in [0.2, 0.25) is 0 Å². The zero-order chi connectivity index (χ0) is 10.0. The Bertz CT molecular complexity index is 360. The van der Waals surface area contributed by atoms with Crippen molar-refractivity contribution >= 4 is 0 Å². The van der Waals surface area contributed by atoms with Gasteiger partial charge in [0.15, 0.2) is 11.3 Å². The summed E-state index contributed by atoms with van der Waals surface area (Å²) in [5.41, 5.74) is -0.578. The first-order chi connectivity index (χ1) is 6.06. The van der Waals surface area contributed by atoms with Crippen LogP contribution in [0.3, 0.4) is 0 Å². The van der Waals surface area contributed by atoms with Gasteiger partial charge in [-0.3, -0.25) is 4.79 Å². The molecule has 72 valence electrons. The molecule has 5 heteroatoms. The molecule has 0 bridgehead atoms. The maximum atomic E-state index is 12.2. The molecule has 1 heterocycles. The SMILES string of the molecule is COc1[nH]c(C(F)F)cc(=O)c1C. The van der Waals surface area contributed by atoms with Crippen LogP contribution in [0, 0.1) is 6.92 Å². The highest BCUT2D eigenvalue weighted by Crippen LogP contribution is 2.18. The Balaban J connectivity index is 3.31. The Kier molecular flexibility index (Phi) is 2.65. The molecule has 0 aliphatic heterocycles.